The molecule has 0 atom stereocenters. The van der Waals surface area contributed by atoms with Gasteiger partial charge in [0, 0.05) is 12.5 Å². The first-order valence-corrected chi connectivity index (χ1v) is 3.47. The zero-order chi connectivity index (χ0) is 8.20. The first kappa shape index (κ1) is 9.43. The molecule has 0 aromatic rings. The number of hydrogen-bond donors (Lipinski definition) is 2. The number of hydrogen-bond acceptors (Lipinski definition) is 3. The van der Waals surface area contributed by atoms with Gasteiger partial charge in [-0.25, -0.2) is 0 Å². The lowest BCUT2D eigenvalue weighted by atomic mass is 9.90. The van der Waals surface area contributed by atoms with Crippen molar-refractivity contribution in [2.75, 3.05) is 7.05 Å². The van der Waals surface area contributed by atoms with Crippen LogP contribution in [0.5, 0.6) is 0 Å². The molecular formula is C7H16N2O. The molecule has 3 nitrogen and oxygen atoms in total. The molecule has 2 N–H and O–H groups in total. The van der Waals surface area contributed by atoms with Gasteiger partial charge >= 0.3 is 0 Å². The minimum Gasteiger partial charge on any atom is -0.393 e. The van der Waals surface area contributed by atoms with Gasteiger partial charge in [0.1, 0.15) is 0 Å². The van der Waals surface area contributed by atoms with Crippen molar-refractivity contribution >= 4 is 5.90 Å². The van der Waals surface area contributed by atoms with E-state index in [4.69, 9.17) is 10.2 Å². The topological polar surface area (TPSA) is 45.1 Å². The second-order valence-corrected chi connectivity index (χ2v) is 2.87. The SMILES string of the molecule is CCC(C)(C)C(=N)ONC. The van der Waals surface area contributed by atoms with Gasteiger partial charge in [-0.3, -0.25) is 5.41 Å². The Morgan fingerprint density at radius 3 is 2.40 bits per heavy atom. The third kappa shape index (κ3) is 2.35. The molecule has 0 aromatic heterocycles. The molecule has 0 saturated carbocycles. The summed E-state index contributed by atoms with van der Waals surface area (Å²) in [6, 6.07) is 0. The molecule has 0 aromatic carbocycles. The number of rotatable bonds is 3. The van der Waals surface area contributed by atoms with Crippen molar-refractivity contribution in [2.24, 2.45) is 5.41 Å². The highest BCUT2D eigenvalue weighted by atomic mass is 16.7. The summed E-state index contributed by atoms with van der Waals surface area (Å²) in [5, 5.41) is 7.41. The molecule has 0 bridgehead atoms. The maximum atomic E-state index is 7.41. The Morgan fingerprint density at radius 2 is 2.10 bits per heavy atom. The minimum absolute atomic E-state index is 0.150. The third-order valence-electron chi connectivity index (χ3n) is 1.70. The van der Waals surface area contributed by atoms with Crippen LogP contribution in [0.4, 0.5) is 0 Å². The van der Waals surface area contributed by atoms with Crippen molar-refractivity contribution in [3.8, 4) is 0 Å². The molecule has 0 aliphatic rings. The van der Waals surface area contributed by atoms with Gasteiger partial charge in [-0.1, -0.05) is 20.8 Å². The Labute approximate surface area is 62.2 Å². The lowest BCUT2D eigenvalue weighted by Crippen LogP contribution is -2.29. The smallest absolute Gasteiger partial charge is 0.212 e. The minimum atomic E-state index is -0.150. The van der Waals surface area contributed by atoms with E-state index in [1.165, 1.54) is 0 Å². The maximum absolute atomic E-state index is 7.41. The van der Waals surface area contributed by atoms with E-state index < -0.39 is 0 Å². The van der Waals surface area contributed by atoms with E-state index >= 15 is 0 Å². The lowest BCUT2D eigenvalue weighted by Gasteiger charge is -2.21. The van der Waals surface area contributed by atoms with Crippen molar-refractivity contribution in [1.29, 1.82) is 5.41 Å². The molecule has 0 amide bonds. The summed E-state index contributed by atoms with van der Waals surface area (Å²) in [7, 11) is 1.65. The Bertz CT molecular complexity index is 121. The summed E-state index contributed by atoms with van der Waals surface area (Å²) in [6.07, 6.45) is 0.910. The summed E-state index contributed by atoms with van der Waals surface area (Å²) in [6.45, 7) is 5.99. The highest BCUT2D eigenvalue weighted by molar-refractivity contribution is 5.78. The molecule has 0 aliphatic heterocycles. The summed E-state index contributed by atoms with van der Waals surface area (Å²) in [5.74, 6) is 0.289. The standard InChI is InChI=1S/C7H16N2O/c1-5-7(2,3)6(8)10-9-4/h8-9H,5H2,1-4H3. The van der Waals surface area contributed by atoms with Crippen LogP contribution in [0.1, 0.15) is 27.2 Å². The van der Waals surface area contributed by atoms with E-state index in [9.17, 15) is 0 Å². The van der Waals surface area contributed by atoms with Crippen LogP contribution in [-0.2, 0) is 4.84 Å². The van der Waals surface area contributed by atoms with E-state index in [1.54, 1.807) is 7.05 Å². The Kier molecular flexibility index (Phi) is 3.36. The average Bonchev–Trinajstić information content (AvgIpc) is 1.89. The molecule has 0 radical (unpaired) electrons. The quantitative estimate of drug-likeness (QED) is 0.358. The zero-order valence-corrected chi connectivity index (χ0v) is 7.12. The summed E-state index contributed by atoms with van der Waals surface area (Å²) < 4.78 is 0. The molecule has 0 saturated heterocycles. The highest BCUT2D eigenvalue weighted by Crippen LogP contribution is 2.20. The summed E-state index contributed by atoms with van der Waals surface area (Å²) in [4.78, 5) is 4.83. The van der Waals surface area contributed by atoms with Crippen LogP contribution in [-0.4, -0.2) is 12.9 Å². The van der Waals surface area contributed by atoms with E-state index in [0.717, 1.165) is 6.42 Å². The molecule has 0 unspecified atom stereocenters. The second-order valence-electron chi connectivity index (χ2n) is 2.87. The van der Waals surface area contributed by atoms with Crippen LogP contribution in [0.2, 0.25) is 0 Å². The molecule has 0 rings (SSSR count). The third-order valence-corrected chi connectivity index (χ3v) is 1.70. The van der Waals surface area contributed by atoms with Gasteiger partial charge in [-0.15, -0.1) is 0 Å². The summed E-state index contributed by atoms with van der Waals surface area (Å²) in [5.41, 5.74) is 2.33. The average molecular weight is 144 g/mol. The molecule has 0 heterocycles. The van der Waals surface area contributed by atoms with Crippen LogP contribution in [0.3, 0.4) is 0 Å². The van der Waals surface area contributed by atoms with Gasteiger partial charge in [-0.2, -0.15) is 5.48 Å². The highest BCUT2D eigenvalue weighted by Gasteiger charge is 2.23. The fraction of sp³-hybridized carbons (Fsp3) is 0.857. The van der Waals surface area contributed by atoms with Crippen LogP contribution in [0, 0.1) is 10.8 Å². The van der Waals surface area contributed by atoms with Gasteiger partial charge in [0.25, 0.3) is 0 Å². The molecule has 60 valence electrons. The molecule has 3 heteroatoms. The zero-order valence-electron chi connectivity index (χ0n) is 7.12. The van der Waals surface area contributed by atoms with Gasteiger partial charge in [0.15, 0.2) is 0 Å². The van der Waals surface area contributed by atoms with Crippen molar-refractivity contribution in [3.05, 3.63) is 0 Å². The van der Waals surface area contributed by atoms with E-state index in [2.05, 4.69) is 5.48 Å². The van der Waals surface area contributed by atoms with E-state index in [1.807, 2.05) is 20.8 Å². The van der Waals surface area contributed by atoms with E-state index in [0.29, 0.717) is 0 Å². The predicted molar refractivity (Wildman–Crippen MR) is 41.9 cm³/mol. The Morgan fingerprint density at radius 1 is 1.60 bits per heavy atom. The van der Waals surface area contributed by atoms with Crippen LogP contribution < -0.4 is 5.48 Å². The monoisotopic (exact) mass is 144 g/mol. The molecule has 0 spiro atoms. The molecule has 10 heavy (non-hydrogen) atoms. The normalized spacial score (nSPS) is 11.2. The fourth-order valence-electron chi connectivity index (χ4n) is 0.401. The van der Waals surface area contributed by atoms with Crippen molar-refractivity contribution in [3.63, 3.8) is 0 Å². The van der Waals surface area contributed by atoms with Crippen molar-refractivity contribution in [1.82, 2.24) is 5.48 Å². The number of nitrogens with one attached hydrogen (secondary N) is 2. The lowest BCUT2D eigenvalue weighted by molar-refractivity contribution is 0.171. The fourth-order valence-corrected chi connectivity index (χ4v) is 0.401. The van der Waals surface area contributed by atoms with Gasteiger partial charge in [0.2, 0.25) is 5.90 Å². The predicted octanol–water partition coefficient (Wildman–Crippen LogP) is 1.55. The van der Waals surface area contributed by atoms with Crippen molar-refractivity contribution < 1.29 is 4.84 Å². The second kappa shape index (κ2) is 3.56. The largest absolute Gasteiger partial charge is 0.393 e. The summed E-state index contributed by atoms with van der Waals surface area (Å²) >= 11 is 0. The first-order chi connectivity index (χ1) is 4.54. The van der Waals surface area contributed by atoms with Gasteiger partial charge in [-0.05, 0) is 6.42 Å². The Hall–Kier alpha value is -0.570. The number of hydroxylamine groups is 1. The van der Waals surface area contributed by atoms with Gasteiger partial charge < -0.3 is 4.84 Å². The molecule has 0 aliphatic carbocycles. The van der Waals surface area contributed by atoms with Crippen molar-refractivity contribution in [2.45, 2.75) is 27.2 Å². The van der Waals surface area contributed by atoms with Crippen LogP contribution in [0.25, 0.3) is 0 Å². The van der Waals surface area contributed by atoms with Crippen LogP contribution >= 0.6 is 0 Å². The molecule has 0 fully saturated rings. The van der Waals surface area contributed by atoms with E-state index in [-0.39, 0.29) is 11.3 Å². The molecular weight excluding hydrogens is 128 g/mol. The maximum Gasteiger partial charge on any atom is 0.212 e. The van der Waals surface area contributed by atoms with Gasteiger partial charge in [0.05, 0.1) is 0 Å². The van der Waals surface area contributed by atoms with Crippen LogP contribution in [0.15, 0.2) is 0 Å². The first-order valence-electron chi connectivity index (χ1n) is 3.47. The Balaban J connectivity index is 3.91.